The number of thiazole rings is 1. The summed E-state index contributed by atoms with van der Waals surface area (Å²) < 4.78 is 35.7. The Bertz CT molecular complexity index is 240. The van der Waals surface area contributed by atoms with Crippen LogP contribution in [0.2, 0.25) is 0 Å². The second-order valence-electron chi connectivity index (χ2n) is 1.98. The van der Waals surface area contributed by atoms with Gasteiger partial charge >= 0.3 is 6.18 Å². The molecule has 1 rings (SSSR count). The summed E-state index contributed by atoms with van der Waals surface area (Å²) in [6.45, 7) is 1.80. The summed E-state index contributed by atoms with van der Waals surface area (Å²) >= 11 is 0.704. The molecular formula is C6H6F3NS. The molecule has 0 bridgehead atoms. The van der Waals surface area contributed by atoms with E-state index in [2.05, 4.69) is 4.98 Å². The van der Waals surface area contributed by atoms with Gasteiger partial charge in [0.05, 0.1) is 0 Å². The topological polar surface area (TPSA) is 12.9 Å². The van der Waals surface area contributed by atoms with Gasteiger partial charge in [0, 0.05) is 11.1 Å². The van der Waals surface area contributed by atoms with Gasteiger partial charge in [0.25, 0.3) is 0 Å². The second kappa shape index (κ2) is 2.81. The van der Waals surface area contributed by atoms with Crippen LogP contribution < -0.4 is 0 Å². The largest absolute Gasteiger partial charge is 0.443 e. The predicted molar refractivity (Wildman–Crippen MR) is 36.5 cm³/mol. The van der Waals surface area contributed by atoms with Crippen LogP contribution >= 0.6 is 11.3 Å². The zero-order valence-electron chi connectivity index (χ0n) is 5.77. The summed E-state index contributed by atoms with van der Waals surface area (Å²) in [5.41, 5.74) is 0. The SMILES string of the molecule is CCc1cnc(C(F)(F)F)s1. The van der Waals surface area contributed by atoms with Gasteiger partial charge in [-0.25, -0.2) is 4.98 Å². The molecule has 0 saturated carbocycles. The highest BCUT2D eigenvalue weighted by Gasteiger charge is 2.34. The third kappa shape index (κ3) is 1.92. The fraction of sp³-hybridized carbons (Fsp3) is 0.500. The number of aryl methyl sites for hydroxylation is 1. The predicted octanol–water partition coefficient (Wildman–Crippen LogP) is 2.72. The minimum atomic E-state index is -4.28. The van der Waals surface area contributed by atoms with E-state index in [4.69, 9.17) is 0 Å². The Kier molecular flexibility index (Phi) is 2.17. The summed E-state index contributed by atoms with van der Waals surface area (Å²) in [5, 5.41) is -0.755. The molecule has 0 aliphatic heterocycles. The van der Waals surface area contributed by atoms with Gasteiger partial charge < -0.3 is 0 Å². The normalized spacial score (nSPS) is 12.0. The van der Waals surface area contributed by atoms with Crippen LogP contribution in [0.4, 0.5) is 13.2 Å². The summed E-state index contributed by atoms with van der Waals surface area (Å²) in [5.74, 6) is 0. The van der Waals surface area contributed by atoms with Crippen molar-refractivity contribution in [3.63, 3.8) is 0 Å². The highest BCUT2D eigenvalue weighted by Crippen LogP contribution is 2.32. The molecule has 11 heavy (non-hydrogen) atoms. The van der Waals surface area contributed by atoms with Crippen molar-refractivity contribution < 1.29 is 13.2 Å². The molecule has 0 aromatic carbocycles. The fourth-order valence-electron chi connectivity index (χ4n) is 0.602. The third-order valence-corrected chi connectivity index (χ3v) is 2.33. The summed E-state index contributed by atoms with van der Waals surface area (Å²) in [4.78, 5) is 3.92. The van der Waals surface area contributed by atoms with Crippen LogP contribution in [-0.4, -0.2) is 4.98 Å². The molecule has 1 heterocycles. The molecule has 0 fully saturated rings. The lowest BCUT2D eigenvalue weighted by Gasteiger charge is -1.98. The summed E-state index contributed by atoms with van der Waals surface area (Å²) in [7, 11) is 0. The van der Waals surface area contributed by atoms with Crippen molar-refractivity contribution in [2.75, 3.05) is 0 Å². The molecule has 62 valence electrons. The van der Waals surface area contributed by atoms with E-state index in [9.17, 15) is 13.2 Å². The van der Waals surface area contributed by atoms with Gasteiger partial charge in [0.2, 0.25) is 0 Å². The minimum Gasteiger partial charge on any atom is -0.240 e. The number of hydrogen-bond acceptors (Lipinski definition) is 2. The lowest BCUT2D eigenvalue weighted by molar-refractivity contribution is -0.137. The van der Waals surface area contributed by atoms with Crippen LogP contribution in [0.3, 0.4) is 0 Å². The van der Waals surface area contributed by atoms with Crippen LogP contribution in [0.15, 0.2) is 6.20 Å². The summed E-state index contributed by atoms with van der Waals surface area (Å²) in [6.07, 6.45) is -2.40. The minimum absolute atomic E-state index is 0.605. The maximum atomic E-state index is 11.9. The third-order valence-electron chi connectivity index (χ3n) is 1.14. The highest BCUT2D eigenvalue weighted by molar-refractivity contribution is 7.11. The van der Waals surface area contributed by atoms with Gasteiger partial charge in [-0.05, 0) is 6.42 Å². The number of aromatic nitrogens is 1. The molecule has 1 aromatic heterocycles. The number of alkyl halides is 3. The molecule has 0 saturated heterocycles. The first kappa shape index (κ1) is 8.52. The first-order valence-electron chi connectivity index (χ1n) is 3.06. The molecule has 0 spiro atoms. The van der Waals surface area contributed by atoms with Crippen LogP contribution in [-0.2, 0) is 12.6 Å². The van der Waals surface area contributed by atoms with Gasteiger partial charge in [-0.2, -0.15) is 13.2 Å². The van der Waals surface area contributed by atoms with Crippen molar-refractivity contribution in [3.05, 3.63) is 16.1 Å². The highest BCUT2D eigenvalue weighted by atomic mass is 32.1. The lowest BCUT2D eigenvalue weighted by atomic mass is 10.4. The molecule has 0 amide bonds. The Labute approximate surface area is 65.9 Å². The second-order valence-corrected chi connectivity index (χ2v) is 3.10. The van der Waals surface area contributed by atoms with E-state index >= 15 is 0 Å². The average molecular weight is 181 g/mol. The Morgan fingerprint density at radius 1 is 1.55 bits per heavy atom. The molecule has 0 atom stereocenters. The molecule has 0 N–H and O–H groups in total. The van der Waals surface area contributed by atoms with Crippen molar-refractivity contribution >= 4 is 11.3 Å². The van der Waals surface area contributed by atoms with E-state index in [-0.39, 0.29) is 0 Å². The quantitative estimate of drug-likeness (QED) is 0.649. The maximum absolute atomic E-state index is 11.9. The lowest BCUT2D eigenvalue weighted by Crippen LogP contribution is -2.02. The molecule has 0 unspecified atom stereocenters. The Hall–Kier alpha value is -0.580. The van der Waals surface area contributed by atoms with Gasteiger partial charge in [-0.3, -0.25) is 0 Å². The Morgan fingerprint density at radius 2 is 2.18 bits per heavy atom. The molecule has 0 aliphatic rings. The first-order chi connectivity index (χ1) is 5.04. The monoisotopic (exact) mass is 181 g/mol. The van der Waals surface area contributed by atoms with Crippen LogP contribution in [0, 0.1) is 0 Å². The molecule has 1 aromatic rings. The molecule has 0 radical (unpaired) electrons. The zero-order chi connectivity index (χ0) is 8.48. The van der Waals surface area contributed by atoms with E-state index < -0.39 is 11.2 Å². The van der Waals surface area contributed by atoms with Gasteiger partial charge in [0.1, 0.15) is 0 Å². The first-order valence-corrected chi connectivity index (χ1v) is 3.87. The van der Waals surface area contributed by atoms with Crippen molar-refractivity contribution in [2.45, 2.75) is 19.5 Å². The number of nitrogens with zero attached hydrogens (tertiary/aromatic N) is 1. The number of rotatable bonds is 1. The number of halogens is 3. The van der Waals surface area contributed by atoms with E-state index in [0.717, 1.165) is 0 Å². The van der Waals surface area contributed by atoms with Crippen molar-refractivity contribution in [3.8, 4) is 0 Å². The van der Waals surface area contributed by atoms with Crippen molar-refractivity contribution in [1.82, 2.24) is 4.98 Å². The van der Waals surface area contributed by atoms with Gasteiger partial charge in [-0.1, -0.05) is 6.92 Å². The molecule has 5 heteroatoms. The average Bonchev–Trinajstić information content (AvgIpc) is 2.32. The Morgan fingerprint density at radius 3 is 2.45 bits per heavy atom. The van der Waals surface area contributed by atoms with E-state index in [1.807, 2.05) is 0 Å². The zero-order valence-corrected chi connectivity index (χ0v) is 6.59. The molecular weight excluding hydrogens is 175 g/mol. The van der Waals surface area contributed by atoms with Crippen LogP contribution in [0.1, 0.15) is 16.8 Å². The Balaban J connectivity index is 2.89. The fourth-order valence-corrected chi connectivity index (χ4v) is 1.32. The van der Waals surface area contributed by atoms with Gasteiger partial charge in [0.15, 0.2) is 5.01 Å². The maximum Gasteiger partial charge on any atom is 0.443 e. The van der Waals surface area contributed by atoms with Crippen LogP contribution in [0.5, 0.6) is 0 Å². The van der Waals surface area contributed by atoms with E-state index in [1.165, 1.54) is 6.20 Å². The van der Waals surface area contributed by atoms with E-state index in [0.29, 0.717) is 22.6 Å². The van der Waals surface area contributed by atoms with E-state index in [1.54, 1.807) is 6.92 Å². The van der Waals surface area contributed by atoms with Crippen molar-refractivity contribution in [1.29, 1.82) is 0 Å². The summed E-state index contributed by atoms with van der Waals surface area (Å²) in [6, 6.07) is 0. The van der Waals surface area contributed by atoms with Gasteiger partial charge in [-0.15, -0.1) is 11.3 Å². The molecule has 0 aliphatic carbocycles. The van der Waals surface area contributed by atoms with Crippen LogP contribution in [0.25, 0.3) is 0 Å². The number of hydrogen-bond donors (Lipinski definition) is 0. The standard InChI is InChI=1S/C6H6F3NS/c1-2-4-3-10-5(11-4)6(7,8)9/h3H,2H2,1H3. The smallest absolute Gasteiger partial charge is 0.240 e. The van der Waals surface area contributed by atoms with Crippen molar-refractivity contribution in [2.24, 2.45) is 0 Å². The molecule has 1 nitrogen and oxygen atoms in total.